The number of nitrogens with one attached hydrogen (secondary N) is 1. The van der Waals surface area contributed by atoms with Gasteiger partial charge in [-0.15, -0.1) is 0 Å². The molecule has 5 heteroatoms. The summed E-state index contributed by atoms with van der Waals surface area (Å²) in [6, 6.07) is 10.5. The fraction of sp³-hybridized carbons (Fsp3) is 0.278. The second-order valence-corrected chi connectivity index (χ2v) is 5.81. The van der Waals surface area contributed by atoms with Gasteiger partial charge in [0.1, 0.15) is 0 Å². The Morgan fingerprint density at radius 3 is 2.57 bits per heavy atom. The molecule has 0 aliphatic heterocycles. The van der Waals surface area contributed by atoms with Gasteiger partial charge in [0, 0.05) is 16.3 Å². The van der Waals surface area contributed by atoms with E-state index in [0.717, 1.165) is 5.56 Å². The maximum atomic E-state index is 12.4. The Kier molecular flexibility index (Phi) is 5.50. The van der Waals surface area contributed by atoms with Gasteiger partial charge in [0.25, 0.3) is 5.91 Å². The van der Waals surface area contributed by atoms with Gasteiger partial charge in [0.2, 0.25) is 0 Å². The largest absolute Gasteiger partial charge is 0.493 e. The van der Waals surface area contributed by atoms with Crippen LogP contribution < -0.4 is 14.8 Å². The maximum Gasteiger partial charge on any atom is 0.255 e. The molecule has 0 fully saturated rings. The summed E-state index contributed by atoms with van der Waals surface area (Å²) in [6.07, 6.45) is 0.0256. The van der Waals surface area contributed by atoms with Gasteiger partial charge in [0.05, 0.1) is 13.2 Å². The van der Waals surface area contributed by atoms with E-state index >= 15 is 0 Å². The van der Waals surface area contributed by atoms with E-state index in [-0.39, 0.29) is 12.0 Å². The van der Waals surface area contributed by atoms with Gasteiger partial charge in [-0.05, 0) is 56.7 Å². The zero-order valence-electron chi connectivity index (χ0n) is 13.6. The minimum absolute atomic E-state index is 0.0256. The van der Waals surface area contributed by atoms with Crippen LogP contribution in [0.25, 0.3) is 0 Å². The highest BCUT2D eigenvalue weighted by molar-refractivity contribution is 6.31. The number of amides is 1. The summed E-state index contributed by atoms with van der Waals surface area (Å²) in [5.41, 5.74) is 2.00. The highest BCUT2D eigenvalue weighted by Gasteiger charge is 2.13. The van der Waals surface area contributed by atoms with Crippen molar-refractivity contribution in [1.82, 2.24) is 0 Å². The number of halogens is 1. The van der Waals surface area contributed by atoms with E-state index < -0.39 is 0 Å². The van der Waals surface area contributed by atoms with Crippen molar-refractivity contribution in [3.8, 4) is 11.5 Å². The van der Waals surface area contributed by atoms with Crippen molar-refractivity contribution < 1.29 is 14.3 Å². The first-order valence-electron chi connectivity index (χ1n) is 7.33. The number of hydrogen-bond acceptors (Lipinski definition) is 3. The van der Waals surface area contributed by atoms with E-state index in [2.05, 4.69) is 5.32 Å². The lowest BCUT2D eigenvalue weighted by Gasteiger charge is -2.15. The predicted molar refractivity (Wildman–Crippen MR) is 92.9 cm³/mol. The molecule has 0 spiro atoms. The second-order valence-electron chi connectivity index (χ2n) is 5.40. The Hall–Kier alpha value is -2.20. The minimum atomic E-state index is -0.232. The van der Waals surface area contributed by atoms with E-state index in [9.17, 15) is 4.79 Å². The molecule has 2 aromatic rings. The highest BCUT2D eigenvalue weighted by atomic mass is 35.5. The van der Waals surface area contributed by atoms with Gasteiger partial charge in [-0.1, -0.05) is 17.7 Å². The Morgan fingerprint density at radius 1 is 1.17 bits per heavy atom. The smallest absolute Gasteiger partial charge is 0.255 e. The summed E-state index contributed by atoms with van der Waals surface area (Å²) in [4.78, 5) is 12.4. The summed E-state index contributed by atoms with van der Waals surface area (Å²) in [7, 11) is 1.55. The van der Waals surface area contributed by atoms with E-state index in [1.165, 1.54) is 0 Å². The molecule has 0 aliphatic rings. The van der Waals surface area contributed by atoms with Crippen molar-refractivity contribution in [1.29, 1.82) is 0 Å². The molecule has 2 rings (SSSR count). The lowest BCUT2D eigenvalue weighted by Crippen LogP contribution is -2.13. The number of methoxy groups -OCH3 is 1. The summed E-state index contributed by atoms with van der Waals surface area (Å²) in [5.74, 6) is 0.900. The van der Waals surface area contributed by atoms with Gasteiger partial charge in [-0.3, -0.25) is 4.79 Å². The van der Waals surface area contributed by atoms with E-state index in [1.807, 2.05) is 26.8 Å². The Morgan fingerprint density at radius 2 is 1.91 bits per heavy atom. The van der Waals surface area contributed by atoms with Gasteiger partial charge >= 0.3 is 0 Å². The molecule has 0 bridgehead atoms. The first-order chi connectivity index (χ1) is 10.9. The molecule has 0 unspecified atom stereocenters. The molecular formula is C18H20ClNO3. The molecule has 0 atom stereocenters. The Labute approximate surface area is 141 Å². The van der Waals surface area contributed by atoms with Crippen molar-refractivity contribution >= 4 is 23.2 Å². The molecule has 2 aromatic carbocycles. The number of hydrogen-bond donors (Lipinski definition) is 1. The zero-order valence-corrected chi connectivity index (χ0v) is 14.4. The van der Waals surface area contributed by atoms with Crippen LogP contribution in [0.4, 0.5) is 5.69 Å². The Bertz CT molecular complexity index is 713. The summed E-state index contributed by atoms with van der Waals surface area (Å²) < 4.78 is 11.0. The number of anilines is 1. The molecule has 0 saturated heterocycles. The van der Waals surface area contributed by atoms with Gasteiger partial charge < -0.3 is 14.8 Å². The molecule has 23 heavy (non-hydrogen) atoms. The van der Waals surface area contributed by atoms with Crippen molar-refractivity contribution in [3.05, 3.63) is 52.5 Å². The topological polar surface area (TPSA) is 47.6 Å². The van der Waals surface area contributed by atoms with Crippen LogP contribution in [0.15, 0.2) is 36.4 Å². The van der Waals surface area contributed by atoms with Crippen LogP contribution in [0.2, 0.25) is 5.02 Å². The van der Waals surface area contributed by atoms with Crippen LogP contribution in [0.1, 0.15) is 29.8 Å². The number of rotatable bonds is 5. The van der Waals surface area contributed by atoms with Crippen LogP contribution in [-0.4, -0.2) is 19.1 Å². The fourth-order valence-corrected chi connectivity index (χ4v) is 2.27. The number of ether oxygens (including phenoxy) is 2. The third-order valence-corrected chi connectivity index (χ3v) is 3.71. The third kappa shape index (κ3) is 4.17. The second kappa shape index (κ2) is 7.38. The average molecular weight is 334 g/mol. The number of benzene rings is 2. The molecule has 122 valence electrons. The van der Waals surface area contributed by atoms with Crippen molar-refractivity contribution in [2.75, 3.05) is 12.4 Å². The number of carbonyl (C=O) groups excluding carboxylic acids is 1. The fourth-order valence-electron chi connectivity index (χ4n) is 2.10. The monoisotopic (exact) mass is 333 g/mol. The molecule has 1 amide bonds. The van der Waals surface area contributed by atoms with Crippen molar-refractivity contribution in [2.24, 2.45) is 0 Å². The van der Waals surface area contributed by atoms with Crippen LogP contribution in [-0.2, 0) is 0 Å². The molecule has 0 saturated carbocycles. The van der Waals surface area contributed by atoms with E-state index in [0.29, 0.717) is 27.8 Å². The van der Waals surface area contributed by atoms with Crippen molar-refractivity contribution in [2.45, 2.75) is 26.9 Å². The summed E-state index contributed by atoms with van der Waals surface area (Å²) in [5, 5.41) is 3.47. The first-order valence-corrected chi connectivity index (χ1v) is 7.71. The molecule has 0 aliphatic carbocycles. The van der Waals surface area contributed by atoms with Crippen LogP contribution in [0, 0.1) is 6.92 Å². The minimum Gasteiger partial charge on any atom is -0.493 e. The molecule has 1 N–H and O–H groups in total. The average Bonchev–Trinajstić information content (AvgIpc) is 2.51. The normalized spacial score (nSPS) is 10.5. The third-order valence-electron chi connectivity index (χ3n) is 3.30. The van der Waals surface area contributed by atoms with Gasteiger partial charge in [0.15, 0.2) is 11.5 Å². The van der Waals surface area contributed by atoms with Crippen molar-refractivity contribution in [3.63, 3.8) is 0 Å². The van der Waals surface area contributed by atoms with Crippen LogP contribution >= 0.6 is 11.6 Å². The van der Waals surface area contributed by atoms with Gasteiger partial charge in [-0.25, -0.2) is 0 Å². The number of carbonyl (C=O) groups is 1. The SMILES string of the molecule is COc1cc(C(=O)Nc2cccc(Cl)c2C)ccc1OC(C)C. The van der Waals surface area contributed by atoms with E-state index in [4.69, 9.17) is 21.1 Å². The molecule has 4 nitrogen and oxygen atoms in total. The summed E-state index contributed by atoms with van der Waals surface area (Å²) in [6.45, 7) is 5.72. The zero-order chi connectivity index (χ0) is 17.0. The quantitative estimate of drug-likeness (QED) is 0.863. The molecule has 0 heterocycles. The molecule has 0 aromatic heterocycles. The predicted octanol–water partition coefficient (Wildman–Crippen LogP) is 4.70. The highest BCUT2D eigenvalue weighted by Crippen LogP contribution is 2.30. The van der Waals surface area contributed by atoms with E-state index in [1.54, 1.807) is 37.4 Å². The summed E-state index contributed by atoms with van der Waals surface area (Å²) >= 11 is 6.07. The maximum absolute atomic E-state index is 12.4. The molecular weight excluding hydrogens is 314 g/mol. The van der Waals surface area contributed by atoms with Gasteiger partial charge in [-0.2, -0.15) is 0 Å². The Balaban J connectivity index is 2.24. The van der Waals surface area contributed by atoms with Crippen LogP contribution in [0.3, 0.4) is 0 Å². The molecule has 0 radical (unpaired) electrons. The lowest BCUT2D eigenvalue weighted by atomic mass is 10.1. The van der Waals surface area contributed by atoms with Crippen LogP contribution in [0.5, 0.6) is 11.5 Å². The standard InChI is InChI=1S/C18H20ClNO3/c1-11(2)23-16-9-8-13(10-17(16)22-4)18(21)20-15-7-5-6-14(19)12(15)3/h5-11H,1-4H3,(H,20,21). The lowest BCUT2D eigenvalue weighted by molar-refractivity contribution is 0.102. The first kappa shape index (κ1) is 17.2.